The van der Waals surface area contributed by atoms with Crippen LogP contribution in [0.4, 0.5) is 5.69 Å². The molecule has 2 rings (SSSR count). The lowest BCUT2D eigenvalue weighted by molar-refractivity contribution is 0.0944. The molecule has 1 aliphatic heterocycles. The molecule has 0 radical (unpaired) electrons. The van der Waals surface area contributed by atoms with Crippen LogP contribution in [0.3, 0.4) is 0 Å². The summed E-state index contributed by atoms with van der Waals surface area (Å²) in [6.07, 6.45) is 3.10. The lowest BCUT2D eigenvalue weighted by Crippen LogP contribution is -2.34. The van der Waals surface area contributed by atoms with Crippen molar-refractivity contribution in [2.24, 2.45) is 0 Å². The summed E-state index contributed by atoms with van der Waals surface area (Å²) in [5.74, 6) is 0.956. The van der Waals surface area contributed by atoms with Gasteiger partial charge in [-0.3, -0.25) is 4.79 Å². The van der Waals surface area contributed by atoms with E-state index >= 15 is 0 Å². The van der Waals surface area contributed by atoms with Crippen LogP contribution in [-0.2, 0) is 6.42 Å². The summed E-state index contributed by atoms with van der Waals surface area (Å²) in [5.41, 5.74) is 3.15. The third kappa shape index (κ3) is 2.94. The maximum atomic E-state index is 12.0. The van der Waals surface area contributed by atoms with Gasteiger partial charge >= 0.3 is 0 Å². The van der Waals surface area contributed by atoms with Crippen LogP contribution in [0.1, 0.15) is 22.8 Å². The zero-order chi connectivity index (χ0) is 12.3. The summed E-state index contributed by atoms with van der Waals surface area (Å²) in [5, 5.41) is 6.29. The van der Waals surface area contributed by atoms with Crippen molar-refractivity contribution in [2.75, 3.05) is 23.9 Å². The van der Waals surface area contributed by atoms with Gasteiger partial charge in [-0.25, -0.2) is 0 Å². The fourth-order valence-corrected chi connectivity index (χ4v) is 2.61. The van der Waals surface area contributed by atoms with Crippen LogP contribution in [-0.4, -0.2) is 30.5 Å². The van der Waals surface area contributed by atoms with Gasteiger partial charge in [-0.05, 0) is 37.3 Å². The molecule has 0 aliphatic carbocycles. The maximum Gasteiger partial charge on any atom is 0.251 e. The highest BCUT2D eigenvalue weighted by molar-refractivity contribution is 7.98. The van der Waals surface area contributed by atoms with Crippen molar-refractivity contribution in [3.63, 3.8) is 0 Å². The number of hydrogen-bond acceptors (Lipinski definition) is 3. The number of amides is 1. The number of benzene rings is 1. The number of hydrogen-bond donors (Lipinski definition) is 2. The van der Waals surface area contributed by atoms with E-state index in [0.29, 0.717) is 0 Å². The molecule has 2 N–H and O–H groups in total. The second-order valence-corrected chi connectivity index (χ2v) is 5.29. The Morgan fingerprint density at radius 1 is 1.59 bits per heavy atom. The quantitative estimate of drug-likeness (QED) is 0.860. The molecule has 1 amide bonds. The van der Waals surface area contributed by atoms with Gasteiger partial charge in [0.15, 0.2) is 0 Å². The molecule has 1 aromatic rings. The number of carbonyl (C=O) groups is 1. The van der Waals surface area contributed by atoms with E-state index in [1.54, 1.807) is 11.8 Å². The molecule has 0 bridgehead atoms. The van der Waals surface area contributed by atoms with Crippen LogP contribution in [0.2, 0.25) is 0 Å². The molecule has 0 spiro atoms. The molecule has 92 valence electrons. The summed E-state index contributed by atoms with van der Waals surface area (Å²) in [6.45, 7) is 3.00. The zero-order valence-electron chi connectivity index (χ0n) is 10.2. The molecule has 3 nitrogen and oxygen atoms in total. The lowest BCUT2D eigenvalue weighted by Gasteiger charge is -2.13. The van der Waals surface area contributed by atoms with Gasteiger partial charge in [0.25, 0.3) is 5.91 Å². The second kappa shape index (κ2) is 5.45. The van der Waals surface area contributed by atoms with Crippen LogP contribution < -0.4 is 10.6 Å². The van der Waals surface area contributed by atoms with Gasteiger partial charge in [0.1, 0.15) is 0 Å². The maximum absolute atomic E-state index is 12.0. The van der Waals surface area contributed by atoms with Gasteiger partial charge in [-0.2, -0.15) is 11.8 Å². The Labute approximate surface area is 106 Å². The fourth-order valence-electron chi connectivity index (χ4n) is 2.03. The third-order valence-corrected chi connectivity index (χ3v) is 3.71. The number of carbonyl (C=O) groups excluding carboxylic acids is 1. The normalized spacial score (nSPS) is 14.9. The Kier molecular flexibility index (Phi) is 3.94. The first kappa shape index (κ1) is 12.3. The Morgan fingerprint density at radius 3 is 3.18 bits per heavy atom. The molecule has 1 atom stereocenters. The predicted molar refractivity (Wildman–Crippen MR) is 73.9 cm³/mol. The van der Waals surface area contributed by atoms with Crippen molar-refractivity contribution in [3.05, 3.63) is 29.3 Å². The van der Waals surface area contributed by atoms with Gasteiger partial charge in [-0.1, -0.05) is 6.07 Å². The van der Waals surface area contributed by atoms with Crippen molar-refractivity contribution in [2.45, 2.75) is 19.4 Å². The summed E-state index contributed by atoms with van der Waals surface area (Å²) >= 11 is 1.74. The molecular formula is C13H18N2OS. The van der Waals surface area contributed by atoms with Gasteiger partial charge < -0.3 is 10.6 Å². The van der Waals surface area contributed by atoms with Crippen LogP contribution in [0.25, 0.3) is 0 Å². The molecule has 17 heavy (non-hydrogen) atoms. The average Bonchev–Trinajstić information content (AvgIpc) is 2.75. The minimum absolute atomic E-state index is 0.0167. The van der Waals surface area contributed by atoms with E-state index in [4.69, 9.17) is 0 Å². The Bertz CT molecular complexity index is 420. The van der Waals surface area contributed by atoms with E-state index in [9.17, 15) is 4.79 Å². The van der Waals surface area contributed by atoms with E-state index < -0.39 is 0 Å². The number of anilines is 1. The van der Waals surface area contributed by atoms with E-state index in [0.717, 1.165) is 30.0 Å². The smallest absolute Gasteiger partial charge is 0.251 e. The standard InChI is InChI=1S/C13H18N2OS/c1-9(8-17-2)15-13(16)11-4-3-10-5-6-14-12(10)7-11/h3-4,7,9,14H,5-6,8H2,1-2H3,(H,15,16). The van der Waals surface area contributed by atoms with Gasteiger partial charge in [0.2, 0.25) is 0 Å². The van der Waals surface area contributed by atoms with Gasteiger partial charge in [0.05, 0.1) is 0 Å². The Balaban J connectivity index is 2.04. The number of fused-ring (bicyclic) bond motifs is 1. The second-order valence-electron chi connectivity index (χ2n) is 4.38. The van der Waals surface area contributed by atoms with Gasteiger partial charge in [-0.15, -0.1) is 0 Å². The molecule has 1 unspecified atom stereocenters. The van der Waals surface area contributed by atoms with E-state index in [-0.39, 0.29) is 11.9 Å². The molecular weight excluding hydrogens is 232 g/mol. The molecule has 1 aromatic carbocycles. The first-order valence-electron chi connectivity index (χ1n) is 5.87. The molecule has 0 fully saturated rings. The zero-order valence-corrected chi connectivity index (χ0v) is 11.1. The van der Waals surface area contributed by atoms with Crippen LogP contribution >= 0.6 is 11.8 Å². The van der Waals surface area contributed by atoms with Crippen molar-refractivity contribution in [3.8, 4) is 0 Å². The summed E-state index contributed by atoms with van der Waals surface area (Å²) in [4.78, 5) is 12.0. The number of rotatable bonds is 4. The number of thioether (sulfide) groups is 1. The average molecular weight is 250 g/mol. The predicted octanol–water partition coefficient (Wildman–Crippen LogP) is 2.14. The molecule has 1 aliphatic rings. The van der Waals surface area contributed by atoms with E-state index in [1.807, 2.05) is 31.4 Å². The molecule has 0 aromatic heterocycles. The minimum Gasteiger partial charge on any atom is -0.384 e. The minimum atomic E-state index is 0.0167. The van der Waals surface area contributed by atoms with Crippen LogP contribution in [0.15, 0.2) is 18.2 Å². The highest BCUT2D eigenvalue weighted by atomic mass is 32.2. The Hall–Kier alpha value is -1.16. The topological polar surface area (TPSA) is 41.1 Å². The van der Waals surface area contributed by atoms with Crippen LogP contribution in [0.5, 0.6) is 0 Å². The monoisotopic (exact) mass is 250 g/mol. The van der Waals surface area contributed by atoms with E-state index in [1.165, 1.54) is 5.56 Å². The van der Waals surface area contributed by atoms with E-state index in [2.05, 4.69) is 10.6 Å². The Morgan fingerprint density at radius 2 is 2.41 bits per heavy atom. The summed E-state index contributed by atoms with van der Waals surface area (Å²) in [6, 6.07) is 6.11. The van der Waals surface area contributed by atoms with Crippen molar-refractivity contribution in [1.82, 2.24) is 5.32 Å². The first-order chi connectivity index (χ1) is 8.20. The highest BCUT2D eigenvalue weighted by Gasteiger charge is 2.14. The summed E-state index contributed by atoms with van der Waals surface area (Å²) < 4.78 is 0. The first-order valence-corrected chi connectivity index (χ1v) is 7.26. The number of nitrogens with one attached hydrogen (secondary N) is 2. The van der Waals surface area contributed by atoms with Crippen molar-refractivity contribution in [1.29, 1.82) is 0 Å². The summed E-state index contributed by atoms with van der Waals surface area (Å²) in [7, 11) is 0. The molecule has 4 heteroatoms. The fraction of sp³-hybridized carbons (Fsp3) is 0.462. The van der Waals surface area contributed by atoms with Crippen molar-refractivity contribution >= 4 is 23.4 Å². The van der Waals surface area contributed by atoms with Crippen LogP contribution in [0, 0.1) is 0 Å². The molecule has 0 saturated carbocycles. The molecule has 1 heterocycles. The molecule has 0 saturated heterocycles. The SMILES string of the molecule is CSCC(C)NC(=O)c1ccc2c(c1)NCC2. The highest BCUT2D eigenvalue weighted by Crippen LogP contribution is 2.23. The third-order valence-electron chi connectivity index (χ3n) is 2.88. The van der Waals surface area contributed by atoms with Crippen molar-refractivity contribution < 1.29 is 4.79 Å². The largest absolute Gasteiger partial charge is 0.384 e. The lowest BCUT2D eigenvalue weighted by atomic mass is 10.1. The van der Waals surface area contributed by atoms with Gasteiger partial charge in [0, 0.05) is 29.6 Å².